The highest BCUT2D eigenvalue weighted by Gasteiger charge is 2.34. The average molecular weight is 616 g/mol. The first kappa shape index (κ1) is 28.7. The number of nitrogens with zero attached hydrogens (tertiary/aromatic N) is 1. The lowest BCUT2D eigenvalue weighted by Crippen LogP contribution is -3.00. The van der Waals surface area contributed by atoms with E-state index in [0.29, 0.717) is 42.3 Å². The number of quaternary nitrogens is 1. The van der Waals surface area contributed by atoms with Gasteiger partial charge in [-0.1, -0.05) is 66.7 Å². The van der Waals surface area contributed by atoms with E-state index in [1.165, 1.54) is 11.3 Å². The molecule has 3 heterocycles. The molecule has 3 aromatic rings. The standard InChI is InChI=1S/C29H32N2O4PS.BrH/c32-26(29-13-7-20-37-29)21-31(16-18-34-19-17-31)15-8-14-30-36(33)22-27(24-9-3-1-4-10-24)35-28(23-36)25-11-5-2-6-12-25;/h1-7,9-13,20,22-23H,8,14-19,21H2,(H,30,33);1H/q+1;/p-1. The first-order valence-corrected chi connectivity index (χ1v) is 15.4. The molecule has 0 radical (unpaired) electrons. The Labute approximate surface area is 238 Å². The maximum atomic E-state index is 14.0. The van der Waals surface area contributed by atoms with Crippen molar-refractivity contribution in [3.8, 4) is 0 Å². The van der Waals surface area contributed by atoms with E-state index in [-0.39, 0.29) is 22.8 Å². The van der Waals surface area contributed by atoms with Crippen LogP contribution in [0.15, 0.2) is 89.8 Å². The predicted molar refractivity (Wildman–Crippen MR) is 149 cm³/mol. The Morgan fingerprint density at radius 2 is 1.50 bits per heavy atom. The molecule has 0 aliphatic carbocycles. The van der Waals surface area contributed by atoms with Crippen molar-refractivity contribution >= 4 is 35.9 Å². The lowest BCUT2D eigenvalue weighted by molar-refractivity contribution is -0.927. The van der Waals surface area contributed by atoms with Crippen molar-refractivity contribution < 1.29 is 40.3 Å². The molecule has 5 rings (SSSR count). The molecule has 1 saturated heterocycles. The quantitative estimate of drug-likeness (QED) is 0.165. The van der Waals surface area contributed by atoms with Crippen LogP contribution in [0.5, 0.6) is 0 Å². The fourth-order valence-corrected chi connectivity index (χ4v) is 7.32. The lowest BCUT2D eigenvalue weighted by Gasteiger charge is -2.40. The highest BCUT2D eigenvalue weighted by molar-refractivity contribution is 7.68. The monoisotopic (exact) mass is 614 g/mol. The van der Waals surface area contributed by atoms with Gasteiger partial charge < -0.3 is 30.9 Å². The number of carbonyl (C=O) groups excluding carboxylic acids is 1. The number of hydrogen-bond donors (Lipinski definition) is 1. The van der Waals surface area contributed by atoms with E-state index in [4.69, 9.17) is 9.47 Å². The second kappa shape index (κ2) is 13.2. The van der Waals surface area contributed by atoms with Gasteiger partial charge in [-0.15, -0.1) is 11.3 Å². The zero-order valence-electron chi connectivity index (χ0n) is 21.1. The Morgan fingerprint density at radius 3 is 2.05 bits per heavy atom. The minimum atomic E-state index is -3.01. The molecule has 1 aromatic heterocycles. The smallest absolute Gasteiger partial charge is 0.226 e. The molecule has 0 atom stereocenters. The summed E-state index contributed by atoms with van der Waals surface area (Å²) < 4.78 is 26.6. The first-order chi connectivity index (χ1) is 18.0. The summed E-state index contributed by atoms with van der Waals surface area (Å²) in [5.41, 5.74) is 1.77. The summed E-state index contributed by atoms with van der Waals surface area (Å²) in [6, 6.07) is 23.3. The predicted octanol–water partition coefficient (Wildman–Crippen LogP) is 3.07. The Kier molecular flexibility index (Phi) is 9.93. The van der Waals surface area contributed by atoms with E-state index >= 15 is 0 Å². The van der Waals surface area contributed by atoms with Crippen molar-refractivity contribution in [3.63, 3.8) is 0 Å². The highest BCUT2D eigenvalue weighted by atomic mass is 79.9. The van der Waals surface area contributed by atoms with Gasteiger partial charge in [0, 0.05) is 35.7 Å². The topological polar surface area (TPSA) is 64.6 Å². The van der Waals surface area contributed by atoms with E-state index in [1.807, 2.05) is 78.2 Å². The van der Waals surface area contributed by atoms with E-state index in [0.717, 1.165) is 42.1 Å². The normalized spacial score (nSPS) is 17.9. The number of nitrogens with one attached hydrogen (secondary N) is 1. The molecule has 0 amide bonds. The molecule has 9 heteroatoms. The Bertz CT molecular complexity index is 1250. The number of thiophene rings is 1. The molecule has 0 spiro atoms. The minimum Gasteiger partial charge on any atom is -1.00 e. The molecule has 6 nitrogen and oxygen atoms in total. The number of rotatable bonds is 10. The van der Waals surface area contributed by atoms with Crippen LogP contribution >= 0.6 is 18.6 Å². The lowest BCUT2D eigenvalue weighted by atomic mass is 10.2. The maximum Gasteiger partial charge on any atom is 0.226 e. The van der Waals surface area contributed by atoms with Crippen molar-refractivity contribution in [2.45, 2.75) is 6.42 Å². The highest BCUT2D eigenvalue weighted by Crippen LogP contribution is 2.53. The van der Waals surface area contributed by atoms with Crippen molar-refractivity contribution in [2.24, 2.45) is 0 Å². The van der Waals surface area contributed by atoms with Crippen molar-refractivity contribution in [1.29, 1.82) is 0 Å². The Hall–Kier alpha value is -2.32. The van der Waals surface area contributed by atoms with E-state index in [9.17, 15) is 9.36 Å². The summed E-state index contributed by atoms with van der Waals surface area (Å²) in [6.07, 6.45) is 0.797. The molecule has 1 fully saturated rings. The van der Waals surface area contributed by atoms with Gasteiger partial charge in [0.2, 0.25) is 5.78 Å². The van der Waals surface area contributed by atoms with Crippen molar-refractivity contribution in [2.75, 3.05) is 45.9 Å². The molecular weight excluding hydrogens is 583 g/mol. The van der Waals surface area contributed by atoms with Crippen LogP contribution in [0, 0.1) is 0 Å². The van der Waals surface area contributed by atoms with Crippen molar-refractivity contribution in [3.05, 3.63) is 106 Å². The molecule has 38 heavy (non-hydrogen) atoms. The van der Waals surface area contributed by atoms with Gasteiger partial charge in [0.05, 0.1) is 24.6 Å². The molecule has 0 unspecified atom stereocenters. The molecule has 200 valence electrons. The summed E-state index contributed by atoms with van der Waals surface area (Å²) in [5, 5.41) is 5.28. The summed E-state index contributed by atoms with van der Waals surface area (Å²) in [4.78, 5) is 13.7. The van der Waals surface area contributed by atoms with Crippen LogP contribution < -0.4 is 22.1 Å². The largest absolute Gasteiger partial charge is 1.00 e. The van der Waals surface area contributed by atoms with Gasteiger partial charge >= 0.3 is 0 Å². The SMILES string of the molecule is O=C(C[N+]1(CCCNP2(=O)C=C(c3ccccc3)OC(c3ccccc3)=C2)CCOCC1)c1cccs1.[Br-]. The van der Waals surface area contributed by atoms with Crippen LogP contribution in [0.1, 0.15) is 27.2 Å². The zero-order chi connectivity index (χ0) is 25.6. The van der Waals surface area contributed by atoms with Crippen LogP contribution in [0.2, 0.25) is 0 Å². The second-order valence-electron chi connectivity index (χ2n) is 9.48. The van der Waals surface area contributed by atoms with Gasteiger partial charge in [-0.3, -0.25) is 14.4 Å². The van der Waals surface area contributed by atoms with Crippen LogP contribution in [-0.2, 0) is 14.0 Å². The fraction of sp³-hybridized carbons (Fsp3) is 0.276. The van der Waals surface area contributed by atoms with Crippen LogP contribution in [0.25, 0.3) is 11.5 Å². The Balaban J connectivity index is 0.00000336. The third-order valence-corrected chi connectivity index (χ3v) is 9.68. The summed E-state index contributed by atoms with van der Waals surface area (Å²) >= 11 is 1.50. The molecule has 1 N–H and O–H groups in total. The van der Waals surface area contributed by atoms with Gasteiger partial charge in [-0.2, -0.15) is 0 Å². The number of halogens is 1. The minimum absolute atomic E-state index is 0. The summed E-state index contributed by atoms with van der Waals surface area (Å²) in [7, 11) is -3.01. The summed E-state index contributed by atoms with van der Waals surface area (Å²) in [5.74, 6) is 4.84. The van der Waals surface area contributed by atoms with Gasteiger partial charge in [0.25, 0.3) is 0 Å². The number of Topliss-reactive ketones (excluding diaryl/α,β-unsaturated/α-hetero) is 1. The van der Waals surface area contributed by atoms with Crippen molar-refractivity contribution in [1.82, 2.24) is 5.09 Å². The molecule has 2 aromatic carbocycles. The van der Waals surface area contributed by atoms with Crippen LogP contribution in [0.4, 0.5) is 0 Å². The number of carbonyl (C=O) groups is 1. The van der Waals surface area contributed by atoms with E-state index in [1.54, 1.807) is 11.6 Å². The number of morpholine rings is 1. The zero-order valence-corrected chi connectivity index (χ0v) is 24.4. The van der Waals surface area contributed by atoms with Crippen LogP contribution in [0.3, 0.4) is 0 Å². The second-order valence-corrected chi connectivity index (χ2v) is 12.7. The molecule has 0 bridgehead atoms. The average Bonchev–Trinajstić information content (AvgIpc) is 3.48. The third kappa shape index (κ3) is 7.20. The Morgan fingerprint density at radius 1 is 0.895 bits per heavy atom. The molecule has 0 saturated carbocycles. The van der Waals surface area contributed by atoms with Gasteiger partial charge in [-0.05, 0) is 11.4 Å². The maximum absolute atomic E-state index is 14.0. The number of ether oxygens (including phenoxy) is 2. The number of benzene rings is 2. The van der Waals surface area contributed by atoms with Gasteiger partial charge in [-0.25, -0.2) is 0 Å². The van der Waals surface area contributed by atoms with E-state index in [2.05, 4.69) is 5.09 Å². The third-order valence-electron chi connectivity index (χ3n) is 6.82. The van der Waals surface area contributed by atoms with Gasteiger partial charge in [0.1, 0.15) is 31.2 Å². The van der Waals surface area contributed by atoms with E-state index < -0.39 is 7.29 Å². The molecule has 2 aliphatic heterocycles. The van der Waals surface area contributed by atoms with Gasteiger partial charge in [0.15, 0.2) is 7.29 Å². The van der Waals surface area contributed by atoms with Crippen LogP contribution in [-0.4, -0.2) is 56.2 Å². The number of ketones is 1. The molecular formula is C29H32BrN2O4PS. The number of hydrogen-bond acceptors (Lipinski definition) is 5. The molecule has 2 aliphatic rings. The first-order valence-electron chi connectivity index (χ1n) is 12.6. The fourth-order valence-electron chi connectivity index (χ4n) is 4.80. The summed E-state index contributed by atoms with van der Waals surface area (Å²) in [6.45, 7) is 4.83.